The summed E-state index contributed by atoms with van der Waals surface area (Å²) in [6, 6.07) is 4.77. The third kappa shape index (κ3) is 2.32. The van der Waals surface area contributed by atoms with Gasteiger partial charge in [-0.15, -0.1) is 0 Å². The minimum absolute atomic E-state index is 0.287. The summed E-state index contributed by atoms with van der Waals surface area (Å²) in [4.78, 5) is 15.5. The molecule has 1 saturated carbocycles. The van der Waals surface area contributed by atoms with E-state index in [1.165, 1.54) is 0 Å². The summed E-state index contributed by atoms with van der Waals surface area (Å²) in [6.45, 7) is 0. The van der Waals surface area contributed by atoms with Crippen LogP contribution < -0.4 is 5.32 Å². The van der Waals surface area contributed by atoms with Crippen molar-refractivity contribution in [3.05, 3.63) is 30.1 Å². The van der Waals surface area contributed by atoms with Crippen LogP contribution in [0.2, 0.25) is 0 Å². The molecule has 4 heteroatoms. The van der Waals surface area contributed by atoms with Crippen LogP contribution in [0, 0.1) is 0 Å². The Kier molecular flexibility index (Phi) is 2.94. The number of aromatic nitrogens is 1. The molecule has 1 aromatic rings. The van der Waals surface area contributed by atoms with E-state index in [9.17, 15) is 9.18 Å². The lowest BCUT2D eigenvalue weighted by molar-refractivity contribution is 0.0914. The number of carbonyl (C=O) groups excluding carboxylic acids is 1. The summed E-state index contributed by atoms with van der Waals surface area (Å²) in [5.74, 6) is -0.287. The number of alkyl halides is 1. The smallest absolute Gasteiger partial charge is 0.270 e. The zero-order chi connectivity index (χ0) is 10.7. The minimum Gasteiger partial charge on any atom is -0.345 e. The van der Waals surface area contributed by atoms with Gasteiger partial charge in [-0.25, -0.2) is 4.39 Å². The maximum atomic E-state index is 13.2. The molecule has 3 nitrogen and oxygen atoms in total. The van der Waals surface area contributed by atoms with Gasteiger partial charge in [0.15, 0.2) is 0 Å². The molecule has 1 amide bonds. The maximum Gasteiger partial charge on any atom is 0.270 e. The summed E-state index contributed by atoms with van der Waals surface area (Å²) < 4.78 is 13.2. The third-order valence-electron chi connectivity index (χ3n) is 2.65. The van der Waals surface area contributed by atoms with Crippen molar-refractivity contribution in [2.45, 2.75) is 31.5 Å². The van der Waals surface area contributed by atoms with Gasteiger partial charge in [-0.1, -0.05) is 6.07 Å². The Balaban J connectivity index is 1.98. The summed E-state index contributed by atoms with van der Waals surface area (Å²) in [6.07, 6.45) is 2.76. The molecular formula is C11H13FN2O. The van der Waals surface area contributed by atoms with Crippen molar-refractivity contribution in [3.63, 3.8) is 0 Å². The molecule has 0 radical (unpaired) electrons. The molecule has 0 unspecified atom stereocenters. The quantitative estimate of drug-likeness (QED) is 0.803. The monoisotopic (exact) mass is 208 g/mol. The number of carbonyl (C=O) groups is 1. The number of halogens is 1. The molecule has 0 aromatic carbocycles. The van der Waals surface area contributed by atoms with Crippen LogP contribution in [-0.4, -0.2) is 23.1 Å². The number of pyridine rings is 1. The second-order valence-corrected chi connectivity index (χ2v) is 3.74. The van der Waals surface area contributed by atoms with Crippen LogP contribution in [0.5, 0.6) is 0 Å². The Morgan fingerprint density at radius 3 is 2.93 bits per heavy atom. The number of hydrogen-bond donors (Lipinski definition) is 1. The van der Waals surface area contributed by atoms with Gasteiger partial charge in [-0.3, -0.25) is 9.78 Å². The fourth-order valence-corrected chi connectivity index (χ4v) is 1.82. The van der Waals surface area contributed by atoms with Gasteiger partial charge in [0.2, 0.25) is 0 Å². The van der Waals surface area contributed by atoms with E-state index in [2.05, 4.69) is 10.3 Å². The Morgan fingerprint density at radius 1 is 1.47 bits per heavy atom. The van der Waals surface area contributed by atoms with Crippen molar-refractivity contribution in [3.8, 4) is 0 Å². The highest BCUT2D eigenvalue weighted by atomic mass is 19.1. The second kappa shape index (κ2) is 4.38. The first-order valence-corrected chi connectivity index (χ1v) is 5.13. The van der Waals surface area contributed by atoms with Crippen LogP contribution in [0.25, 0.3) is 0 Å². The molecule has 15 heavy (non-hydrogen) atoms. The normalized spacial score (nSPS) is 25.1. The predicted octanol–water partition coefficient (Wildman–Crippen LogP) is 1.70. The molecule has 1 aromatic heterocycles. The lowest BCUT2D eigenvalue weighted by atomic mass is 10.2. The Bertz CT molecular complexity index is 342. The van der Waals surface area contributed by atoms with Crippen LogP contribution in [-0.2, 0) is 0 Å². The highest BCUT2D eigenvalue weighted by Crippen LogP contribution is 2.22. The van der Waals surface area contributed by atoms with Gasteiger partial charge in [0.25, 0.3) is 5.91 Å². The van der Waals surface area contributed by atoms with Crippen molar-refractivity contribution in [1.82, 2.24) is 10.3 Å². The zero-order valence-electron chi connectivity index (χ0n) is 8.32. The molecule has 0 saturated heterocycles. The Hall–Kier alpha value is -1.45. The molecule has 2 rings (SSSR count). The van der Waals surface area contributed by atoms with E-state index >= 15 is 0 Å². The molecule has 2 atom stereocenters. The lowest BCUT2D eigenvalue weighted by Gasteiger charge is -2.14. The first-order chi connectivity index (χ1) is 7.27. The molecule has 80 valence electrons. The first kappa shape index (κ1) is 10.1. The average molecular weight is 208 g/mol. The lowest BCUT2D eigenvalue weighted by Crippen LogP contribution is -2.38. The van der Waals surface area contributed by atoms with Crippen molar-refractivity contribution in [2.75, 3.05) is 0 Å². The standard InChI is InChI=1S/C11H13FN2O/c12-8-4-3-6-9(8)14-11(15)10-5-1-2-7-13-10/h1-2,5,7-9H,3-4,6H2,(H,14,15)/t8-,9-/m1/s1. The van der Waals surface area contributed by atoms with E-state index in [1.807, 2.05) is 0 Å². The topological polar surface area (TPSA) is 42.0 Å². The number of hydrogen-bond acceptors (Lipinski definition) is 2. The molecule has 1 heterocycles. The molecule has 0 spiro atoms. The van der Waals surface area contributed by atoms with Gasteiger partial charge >= 0.3 is 0 Å². The Morgan fingerprint density at radius 2 is 2.33 bits per heavy atom. The number of nitrogens with one attached hydrogen (secondary N) is 1. The average Bonchev–Trinajstić information content (AvgIpc) is 2.66. The van der Waals surface area contributed by atoms with E-state index in [0.717, 1.165) is 12.8 Å². The fourth-order valence-electron chi connectivity index (χ4n) is 1.82. The van der Waals surface area contributed by atoms with Gasteiger partial charge in [-0.2, -0.15) is 0 Å². The van der Waals surface area contributed by atoms with E-state index in [1.54, 1.807) is 24.4 Å². The molecule has 1 aliphatic carbocycles. The largest absolute Gasteiger partial charge is 0.345 e. The van der Waals surface area contributed by atoms with Crippen LogP contribution in [0.3, 0.4) is 0 Å². The van der Waals surface area contributed by atoms with Crippen LogP contribution >= 0.6 is 0 Å². The Labute approximate surface area is 87.7 Å². The maximum absolute atomic E-state index is 13.2. The summed E-state index contributed by atoms with van der Waals surface area (Å²) >= 11 is 0. The van der Waals surface area contributed by atoms with E-state index in [4.69, 9.17) is 0 Å². The molecule has 1 aliphatic rings. The van der Waals surface area contributed by atoms with Gasteiger partial charge in [0.05, 0.1) is 6.04 Å². The predicted molar refractivity (Wildman–Crippen MR) is 54.2 cm³/mol. The molecule has 0 aliphatic heterocycles. The van der Waals surface area contributed by atoms with Gasteiger partial charge in [0.1, 0.15) is 11.9 Å². The van der Waals surface area contributed by atoms with Crippen LogP contribution in [0.15, 0.2) is 24.4 Å². The SMILES string of the molecule is O=C(N[C@@H]1CCC[C@H]1F)c1ccccn1. The first-order valence-electron chi connectivity index (χ1n) is 5.13. The van der Waals surface area contributed by atoms with Crippen molar-refractivity contribution < 1.29 is 9.18 Å². The summed E-state index contributed by atoms with van der Waals surface area (Å²) in [7, 11) is 0. The fraction of sp³-hybridized carbons (Fsp3) is 0.455. The van der Waals surface area contributed by atoms with Gasteiger partial charge in [-0.05, 0) is 31.4 Å². The highest BCUT2D eigenvalue weighted by molar-refractivity contribution is 5.92. The molecular weight excluding hydrogens is 195 g/mol. The molecule has 1 N–H and O–H groups in total. The third-order valence-corrected chi connectivity index (χ3v) is 2.65. The van der Waals surface area contributed by atoms with E-state index in [0.29, 0.717) is 12.1 Å². The minimum atomic E-state index is -0.905. The molecule has 1 fully saturated rings. The van der Waals surface area contributed by atoms with Crippen molar-refractivity contribution >= 4 is 5.91 Å². The number of nitrogens with zero attached hydrogens (tertiary/aromatic N) is 1. The van der Waals surface area contributed by atoms with Crippen LogP contribution in [0.1, 0.15) is 29.8 Å². The van der Waals surface area contributed by atoms with Gasteiger partial charge in [0, 0.05) is 6.20 Å². The number of rotatable bonds is 2. The van der Waals surface area contributed by atoms with E-state index < -0.39 is 6.17 Å². The second-order valence-electron chi connectivity index (χ2n) is 3.74. The molecule has 0 bridgehead atoms. The van der Waals surface area contributed by atoms with E-state index in [-0.39, 0.29) is 11.9 Å². The van der Waals surface area contributed by atoms with Crippen LogP contribution in [0.4, 0.5) is 4.39 Å². The summed E-state index contributed by atoms with van der Waals surface area (Å²) in [5.41, 5.74) is 0.344. The van der Waals surface area contributed by atoms with Crippen molar-refractivity contribution in [2.24, 2.45) is 0 Å². The van der Waals surface area contributed by atoms with Gasteiger partial charge < -0.3 is 5.32 Å². The van der Waals surface area contributed by atoms with Crippen molar-refractivity contribution in [1.29, 1.82) is 0 Å². The number of amides is 1. The zero-order valence-corrected chi connectivity index (χ0v) is 8.32. The summed E-state index contributed by atoms with van der Waals surface area (Å²) in [5, 5.41) is 2.67. The highest BCUT2D eigenvalue weighted by Gasteiger charge is 2.28.